The van der Waals surface area contributed by atoms with Crippen molar-refractivity contribution >= 4 is 11.7 Å². The molecule has 0 bridgehead atoms. The molecule has 0 saturated heterocycles. The molecular weight excluding hydrogens is 349 g/mol. The molecule has 136 valence electrons. The molecule has 1 N–H and O–H groups in total. The lowest BCUT2D eigenvalue weighted by atomic mass is 10.1. The number of benzene rings is 1. The molecule has 3 aromatic heterocycles. The van der Waals surface area contributed by atoms with Gasteiger partial charge in [0.15, 0.2) is 0 Å². The van der Waals surface area contributed by atoms with Crippen molar-refractivity contribution in [1.82, 2.24) is 34.7 Å². The summed E-state index contributed by atoms with van der Waals surface area (Å²) in [4.78, 5) is 21.3. The lowest BCUT2D eigenvalue weighted by molar-refractivity contribution is 0.0931. The quantitative estimate of drug-likeness (QED) is 0.598. The average molecular weight is 365 g/mol. The number of nitrogens with one attached hydrogen (secondary N) is 1. The summed E-state index contributed by atoms with van der Waals surface area (Å²) < 4.78 is 16.2. The Bertz CT molecular complexity index is 1120. The van der Waals surface area contributed by atoms with Crippen LogP contribution in [0.2, 0.25) is 0 Å². The van der Waals surface area contributed by atoms with Gasteiger partial charge in [0.05, 0.1) is 17.4 Å². The van der Waals surface area contributed by atoms with Gasteiger partial charge in [-0.15, -0.1) is 0 Å². The Kier molecular flexibility index (Phi) is 4.11. The highest BCUT2D eigenvalue weighted by atomic mass is 19.1. The summed E-state index contributed by atoms with van der Waals surface area (Å²) in [5.41, 5.74) is 2.20. The first-order valence-corrected chi connectivity index (χ1v) is 8.28. The third-order valence-electron chi connectivity index (χ3n) is 4.15. The zero-order valence-electron chi connectivity index (χ0n) is 14.7. The monoisotopic (exact) mass is 365 g/mol. The number of amides is 1. The van der Waals surface area contributed by atoms with Crippen molar-refractivity contribution in [3.05, 3.63) is 66.1 Å². The molecule has 0 fully saturated rings. The van der Waals surface area contributed by atoms with Crippen LogP contribution in [-0.4, -0.2) is 35.3 Å². The fourth-order valence-corrected chi connectivity index (χ4v) is 2.75. The first-order chi connectivity index (χ1) is 13.0. The summed E-state index contributed by atoms with van der Waals surface area (Å²) in [6, 6.07) is 9.04. The standard InChI is InChI=1S/C18H16FN7O/c1-11(14-7-8-25(2)24-14)22-17(27)16-9-15(12-3-5-13(19)6-4-12)23-18-20-10-21-26(16)18/h3-11H,1-2H3,(H,22,27). The number of carbonyl (C=O) groups is 1. The van der Waals surface area contributed by atoms with Gasteiger partial charge in [-0.1, -0.05) is 0 Å². The van der Waals surface area contributed by atoms with Crippen LogP contribution in [0.5, 0.6) is 0 Å². The smallest absolute Gasteiger partial charge is 0.270 e. The Morgan fingerprint density at radius 3 is 2.70 bits per heavy atom. The first kappa shape index (κ1) is 16.8. The number of aryl methyl sites for hydroxylation is 1. The maximum absolute atomic E-state index is 13.2. The molecule has 8 nitrogen and oxygen atoms in total. The number of hydrogen-bond donors (Lipinski definition) is 1. The normalized spacial score (nSPS) is 12.3. The molecule has 1 amide bonds. The van der Waals surface area contributed by atoms with E-state index in [1.807, 2.05) is 26.2 Å². The van der Waals surface area contributed by atoms with Crippen LogP contribution in [0, 0.1) is 5.82 Å². The summed E-state index contributed by atoms with van der Waals surface area (Å²) in [5.74, 6) is -0.397. The van der Waals surface area contributed by atoms with Crippen LogP contribution in [0.1, 0.15) is 29.1 Å². The molecule has 4 aromatic rings. The summed E-state index contributed by atoms with van der Waals surface area (Å²) in [6.45, 7) is 1.85. The van der Waals surface area contributed by atoms with Gasteiger partial charge in [-0.25, -0.2) is 9.37 Å². The van der Waals surface area contributed by atoms with E-state index in [1.165, 1.54) is 23.0 Å². The second-order valence-electron chi connectivity index (χ2n) is 6.11. The van der Waals surface area contributed by atoms with E-state index in [4.69, 9.17) is 0 Å². The second kappa shape index (κ2) is 6.60. The fraction of sp³-hybridized carbons (Fsp3) is 0.167. The molecule has 0 saturated carbocycles. The van der Waals surface area contributed by atoms with E-state index in [0.717, 1.165) is 5.69 Å². The first-order valence-electron chi connectivity index (χ1n) is 8.28. The largest absolute Gasteiger partial charge is 0.343 e. The molecule has 1 atom stereocenters. The van der Waals surface area contributed by atoms with E-state index >= 15 is 0 Å². The number of aromatic nitrogens is 6. The summed E-state index contributed by atoms with van der Waals surface area (Å²) in [7, 11) is 1.81. The van der Waals surface area contributed by atoms with Gasteiger partial charge < -0.3 is 5.32 Å². The Labute approximate surface area is 153 Å². The van der Waals surface area contributed by atoms with Crippen molar-refractivity contribution < 1.29 is 9.18 Å². The van der Waals surface area contributed by atoms with Gasteiger partial charge in [0.25, 0.3) is 11.7 Å². The van der Waals surface area contributed by atoms with E-state index < -0.39 is 0 Å². The van der Waals surface area contributed by atoms with E-state index in [9.17, 15) is 9.18 Å². The predicted molar refractivity (Wildman–Crippen MR) is 95.3 cm³/mol. The third kappa shape index (κ3) is 3.26. The highest BCUT2D eigenvalue weighted by molar-refractivity contribution is 5.94. The van der Waals surface area contributed by atoms with Gasteiger partial charge in [-0.05, 0) is 43.3 Å². The van der Waals surface area contributed by atoms with E-state index in [2.05, 4.69) is 25.5 Å². The number of nitrogens with zero attached hydrogens (tertiary/aromatic N) is 6. The topological polar surface area (TPSA) is 90.0 Å². The summed E-state index contributed by atoms with van der Waals surface area (Å²) >= 11 is 0. The van der Waals surface area contributed by atoms with Gasteiger partial charge in [-0.2, -0.15) is 19.7 Å². The number of halogens is 1. The third-order valence-corrected chi connectivity index (χ3v) is 4.15. The number of hydrogen-bond acceptors (Lipinski definition) is 5. The van der Waals surface area contributed by atoms with E-state index in [-0.39, 0.29) is 29.2 Å². The zero-order valence-corrected chi connectivity index (χ0v) is 14.7. The van der Waals surface area contributed by atoms with Crippen LogP contribution in [0.4, 0.5) is 4.39 Å². The Morgan fingerprint density at radius 1 is 1.22 bits per heavy atom. The lowest BCUT2D eigenvalue weighted by Crippen LogP contribution is -2.29. The maximum atomic E-state index is 13.2. The molecule has 3 heterocycles. The fourth-order valence-electron chi connectivity index (χ4n) is 2.75. The summed E-state index contributed by atoms with van der Waals surface area (Å²) in [6.07, 6.45) is 3.14. The molecule has 27 heavy (non-hydrogen) atoms. The van der Waals surface area contributed by atoms with Gasteiger partial charge in [0, 0.05) is 18.8 Å². The van der Waals surface area contributed by atoms with Gasteiger partial charge in [0.1, 0.15) is 17.8 Å². The van der Waals surface area contributed by atoms with Crippen molar-refractivity contribution in [1.29, 1.82) is 0 Å². The van der Waals surface area contributed by atoms with Crippen LogP contribution >= 0.6 is 0 Å². The van der Waals surface area contributed by atoms with E-state index in [1.54, 1.807) is 22.9 Å². The van der Waals surface area contributed by atoms with Gasteiger partial charge in [-0.3, -0.25) is 9.48 Å². The molecule has 9 heteroatoms. The second-order valence-corrected chi connectivity index (χ2v) is 6.11. The average Bonchev–Trinajstić information content (AvgIpc) is 3.30. The molecule has 0 aliphatic heterocycles. The van der Waals surface area contributed by atoms with Crippen LogP contribution in [0.3, 0.4) is 0 Å². The lowest BCUT2D eigenvalue weighted by Gasteiger charge is -2.13. The van der Waals surface area contributed by atoms with Crippen molar-refractivity contribution in [3.8, 4) is 11.3 Å². The maximum Gasteiger partial charge on any atom is 0.270 e. The molecule has 0 spiro atoms. The van der Waals surface area contributed by atoms with E-state index in [0.29, 0.717) is 11.3 Å². The van der Waals surface area contributed by atoms with Crippen molar-refractivity contribution in [3.63, 3.8) is 0 Å². The number of rotatable bonds is 4. The minimum absolute atomic E-state index is 0.277. The Morgan fingerprint density at radius 2 is 2.00 bits per heavy atom. The SMILES string of the molecule is CC(NC(=O)c1cc(-c2ccc(F)cc2)nc2ncnn12)c1ccn(C)n1. The van der Waals surface area contributed by atoms with Crippen molar-refractivity contribution in [2.24, 2.45) is 7.05 Å². The Hall–Kier alpha value is -3.62. The van der Waals surface area contributed by atoms with Crippen LogP contribution in [-0.2, 0) is 7.05 Å². The van der Waals surface area contributed by atoms with Crippen molar-refractivity contribution in [2.75, 3.05) is 0 Å². The minimum atomic E-state index is -0.343. The zero-order chi connectivity index (χ0) is 19.0. The minimum Gasteiger partial charge on any atom is -0.343 e. The molecule has 0 aliphatic carbocycles. The molecule has 4 rings (SSSR count). The molecule has 0 radical (unpaired) electrons. The van der Waals surface area contributed by atoms with Crippen LogP contribution < -0.4 is 5.32 Å². The molecule has 1 unspecified atom stereocenters. The van der Waals surface area contributed by atoms with Crippen LogP contribution in [0.15, 0.2) is 48.9 Å². The van der Waals surface area contributed by atoms with Gasteiger partial charge >= 0.3 is 0 Å². The number of fused-ring (bicyclic) bond motifs is 1. The Balaban J connectivity index is 1.70. The molecule has 1 aromatic carbocycles. The molecular formula is C18H16FN7O. The van der Waals surface area contributed by atoms with Crippen LogP contribution in [0.25, 0.3) is 17.0 Å². The molecule has 0 aliphatic rings. The van der Waals surface area contributed by atoms with Crippen molar-refractivity contribution in [2.45, 2.75) is 13.0 Å². The summed E-state index contributed by atoms with van der Waals surface area (Å²) in [5, 5.41) is 11.3. The van der Waals surface area contributed by atoms with Gasteiger partial charge in [0.2, 0.25) is 0 Å². The highest BCUT2D eigenvalue weighted by Gasteiger charge is 2.19. The number of carbonyl (C=O) groups excluding carboxylic acids is 1. The predicted octanol–water partition coefficient (Wildman–Crippen LogP) is 2.15. The highest BCUT2D eigenvalue weighted by Crippen LogP contribution is 2.20.